The van der Waals surface area contributed by atoms with Crippen LogP contribution in [0.5, 0.6) is 0 Å². The monoisotopic (exact) mass is 287 g/mol. The van der Waals surface area contributed by atoms with Gasteiger partial charge in [-0.25, -0.2) is 9.59 Å². The highest BCUT2D eigenvalue weighted by atomic mass is 16.4. The number of piperazine rings is 1. The molecule has 2 amide bonds. The first-order valence-electron chi connectivity index (χ1n) is 6.82. The molecule has 2 heterocycles. The first kappa shape index (κ1) is 15.0. The van der Waals surface area contributed by atoms with Gasteiger partial charge in [0.2, 0.25) is 0 Å². The highest BCUT2D eigenvalue weighted by Crippen LogP contribution is 2.20. The average Bonchev–Trinajstić information content (AvgIpc) is 2.81. The normalized spacial score (nSPS) is 27.9. The molecule has 8 heteroatoms. The van der Waals surface area contributed by atoms with Crippen molar-refractivity contribution in [3.05, 3.63) is 0 Å². The number of hydrogen-bond donors (Lipinski definition) is 3. The van der Waals surface area contributed by atoms with Gasteiger partial charge in [0.25, 0.3) is 0 Å². The zero-order valence-corrected chi connectivity index (χ0v) is 11.3. The number of carbonyl (C=O) groups is 2. The lowest BCUT2D eigenvalue weighted by Gasteiger charge is -2.37. The first-order chi connectivity index (χ1) is 9.52. The third kappa shape index (κ3) is 3.20. The van der Waals surface area contributed by atoms with Crippen LogP contribution in [0.1, 0.15) is 6.42 Å². The molecule has 0 saturated carbocycles. The number of aliphatic hydroxyl groups is 2. The maximum atomic E-state index is 12.3. The number of aliphatic carboxylic acids is 1. The van der Waals surface area contributed by atoms with E-state index < -0.39 is 18.1 Å². The van der Waals surface area contributed by atoms with Gasteiger partial charge in [-0.15, -0.1) is 0 Å². The molecule has 2 rings (SSSR count). The molecule has 0 aromatic rings. The number of carboxylic acid groups (broad SMARTS) is 1. The Labute approximate surface area is 117 Å². The van der Waals surface area contributed by atoms with E-state index in [1.807, 2.05) is 0 Å². The molecule has 2 fully saturated rings. The Bertz CT molecular complexity index is 370. The molecule has 8 nitrogen and oxygen atoms in total. The molecule has 2 atom stereocenters. The number of β-amino-alcohol motifs (C(OH)–C–C–N with tert-alkyl or cyclic N) is 2. The van der Waals surface area contributed by atoms with Crippen molar-refractivity contribution in [3.63, 3.8) is 0 Å². The van der Waals surface area contributed by atoms with Crippen LogP contribution in [0.4, 0.5) is 4.79 Å². The number of amides is 2. The summed E-state index contributed by atoms with van der Waals surface area (Å²) in [6.07, 6.45) is -0.679. The Kier molecular flexibility index (Phi) is 4.79. The first-order valence-corrected chi connectivity index (χ1v) is 6.82. The Morgan fingerprint density at radius 3 is 2.35 bits per heavy atom. The zero-order valence-electron chi connectivity index (χ0n) is 11.3. The Balaban J connectivity index is 1.93. The van der Waals surface area contributed by atoms with Crippen molar-refractivity contribution in [2.24, 2.45) is 0 Å². The quantitative estimate of drug-likeness (QED) is 0.568. The minimum Gasteiger partial charge on any atom is -0.480 e. The van der Waals surface area contributed by atoms with Gasteiger partial charge in [-0.3, -0.25) is 4.90 Å². The second-order valence-electron chi connectivity index (χ2n) is 5.23. The number of aliphatic hydroxyl groups excluding tert-OH is 2. The second kappa shape index (κ2) is 6.38. The summed E-state index contributed by atoms with van der Waals surface area (Å²) in [7, 11) is 0. The molecule has 0 aliphatic carbocycles. The van der Waals surface area contributed by atoms with Crippen LogP contribution in [0.2, 0.25) is 0 Å². The van der Waals surface area contributed by atoms with Crippen molar-refractivity contribution in [3.8, 4) is 0 Å². The fourth-order valence-corrected chi connectivity index (χ4v) is 2.75. The van der Waals surface area contributed by atoms with Crippen LogP contribution in [0.25, 0.3) is 0 Å². The lowest BCUT2D eigenvalue weighted by Crippen LogP contribution is -2.55. The molecule has 0 radical (unpaired) electrons. The van der Waals surface area contributed by atoms with Crippen molar-refractivity contribution in [1.29, 1.82) is 0 Å². The number of rotatable bonds is 3. The van der Waals surface area contributed by atoms with Gasteiger partial charge in [-0.05, 0) is 0 Å². The number of carboxylic acids is 1. The summed E-state index contributed by atoms with van der Waals surface area (Å²) in [6, 6.07) is -1.26. The predicted octanol–water partition coefficient (Wildman–Crippen LogP) is -1.76. The summed E-state index contributed by atoms with van der Waals surface area (Å²) in [4.78, 5) is 28.4. The molecule has 2 saturated heterocycles. The average molecular weight is 287 g/mol. The van der Waals surface area contributed by atoms with Gasteiger partial charge in [0.05, 0.1) is 12.7 Å². The summed E-state index contributed by atoms with van der Waals surface area (Å²) >= 11 is 0. The standard InChI is InChI=1S/C12H21N3O5/c16-6-5-13-1-3-14(4-2-13)12(20)15-8-9(17)7-10(15)11(18)19/h9-10,16-17H,1-8H2,(H,18,19)/t9-,10+/m1/s1. The highest BCUT2D eigenvalue weighted by molar-refractivity contribution is 5.83. The molecule has 2 aliphatic heterocycles. The van der Waals surface area contributed by atoms with E-state index in [0.717, 1.165) is 0 Å². The lowest BCUT2D eigenvalue weighted by atomic mass is 10.2. The zero-order chi connectivity index (χ0) is 14.7. The maximum absolute atomic E-state index is 12.3. The molecule has 0 aromatic carbocycles. The largest absolute Gasteiger partial charge is 0.480 e. The van der Waals surface area contributed by atoms with E-state index in [9.17, 15) is 14.7 Å². The predicted molar refractivity (Wildman–Crippen MR) is 69.2 cm³/mol. The minimum absolute atomic E-state index is 0.0760. The van der Waals surface area contributed by atoms with Gasteiger partial charge >= 0.3 is 12.0 Å². The molecule has 20 heavy (non-hydrogen) atoms. The third-order valence-electron chi connectivity index (χ3n) is 3.87. The van der Waals surface area contributed by atoms with E-state index in [2.05, 4.69) is 4.90 Å². The van der Waals surface area contributed by atoms with Crippen molar-refractivity contribution in [1.82, 2.24) is 14.7 Å². The summed E-state index contributed by atoms with van der Waals surface area (Å²) in [5.41, 5.74) is 0. The van der Waals surface area contributed by atoms with E-state index in [0.29, 0.717) is 32.7 Å². The smallest absolute Gasteiger partial charge is 0.326 e. The van der Waals surface area contributed by atoms with Crippen LogP contribution < -0.4 is 0 Å². The second-order valence-corrected chi connectivity index (χ2v) is 5.23. The van der Waals surface area contributed by atoms with Crippen LogP contribution >= 0.6 is 0 Å². The molecule has 114 valence electrons. The minimum atomic E-state index is -1.08. The van der Waals surface area contributed by atoms with Gasteiger partial charge in [0.1, 0.15) is 6.04 Å². The number of urea groups is 1. The molecular formula is C12H21N3O5. The van der Waals surface area contributed by atoms with Crippen molar-refractivity contribution in [2.75, 3.05) is 45.9 Å². The number of hydrogen-bond acceptors (Lipinski definition) is 5. The van der Waals surface area contributed by atoms with Gasteiger partial charge in [0.15, 0.2) is 0 Å². The topological polar surface area (TPSA) is 105 Å². The van der Waals surface area contributed by atoms with Gasteiger partial charge in [-0.2, -0.15) is 0 Å². The molecule has 2 aliphatic rings. The number of likely N-dealkylation sites (tertiary alicyclic amines) is 1. The third-order valence-corrected chi connectivity index (χ3v) is 3.87. The number of nitrogens with zero attached hydrogens (tertiary/aromatic N) is 3. The summed E-state index contributed by atoms with van der Waals surface area (Å²) in [5.74, 6) is -1.08. The van der Waals surface area contributed by atoms with Crippen LogP contribution in [-0.4, -0.2) is 100 Å². The fourth-order valence-electron chi connectivity index (χ4n) is 2.75. The van der Waals surface area contributed by atoms with E-state index in [1.165, 1.54) is 4.90 Å². The lowest BCUT2D eigenvalue weighted by molar-refractivity contribution is -0.141. The summed E-state index contributed by atoms with van der Waals surface area (Å²) < 4.78 is 0. The molecule has 0 aromatic heterocycles. The van der Waals surface area contributed by atoms with Crippen molar-refractivity contribution < 1.29 is 24.9 Å². The Morgan fingerprint density at radius 2 is 1.80 bits per heavy atom. The van der Waals surface area contributed by atoms with E-state index >= 15 is 0 Å². The van der Waals surface area contributed by atoms with E-state index in [1.54, 1.807) is 4.90 Å². The van der Waals surface area contributed by atoms with Crippen LogP contribution in [0, 0.1) is 0 Å². The molecule has 3 N–H and O–H groups in total. The van der Waals surface area contributed by atoms with Crippen molar-refractivity contribution >= 4 is 12.0 Å². The molecule has 0 unspecified atom stereocenters. The summed E-state index contributed by atoms with van der Waals surface area (Å²) in [5, 5.41) is 27.5. The van der Waals surface area contributed by atoms with Gasteiger partial charge in [0, 0.05) is 45.7 Å². The SMILES string of the molecule is O=C(O)[C@@H]1C[C@@H](O)CN1C(=O)N1CCN(CCO)CC1. The van der Waals surface area contributed by atoms with Crippen molar-refractivity contribution in [2.45, 2.75) is 18.6 Å². The molecular weight excluding hydrogens is 266 g/mol. The Hall–Kier alpha value is -1.38. The van der Waals surface area contributed by atoms with Crippen LogP contribution in [-0.2, 0) is 4.79 Å². The summed E-state index contributed by atoms with van der Waals surface area (Å²) in [6.45, 7) is 3.11. The Morgan fingerprint density at radius 1 is 1.15 bits per heavy atom. The van der Waals surface area contributed by atoms with E-state index in [-0.39, 0.29) is 25.6 Å². The molecule has 0 spiro atoms. The van der Waals surface area contributed by atoms with Crippen LogP contribution in [0.15, 0.2) is 0 Å². The van der Waals surface area contributed by atoms with Crippen LogP contribution in [0.3, 0.4) is 0 Å². The van der Waals surface area contributed by atoms with Gasteiger partial charge < -0.3 is 25.1 Å². The van der Waals surface area contributed by atoms with Gasteiger partial charge in [-0.1, -0.05) is 0 Å². The fraction of sp³-hybridized carbons (Fsp3) is 0.833. The number of carbonyl (C=O) groups excluding carboxylic acids is 1. The van der Waals surface area contributed by atoms with E-state index in [4.69, 9.17) is 10.2 Å². The highest BCUT2D eigenvalue weighted by Gasteiger charge is 2.41. The molecule has 0 bridgehead atoms. The maximum Gasteiger partial charge on any atom is 0.326 e.